The van der Waals surface area contributed by atoms with Gasteiger partial charge in [-0.15, -0.1) is 0 Å². The molecule has 2 aromatic rings. The minimum atomic E-state index is 0.144. The number of hydrogen-bond donors (Lipinski definition) is 0. The highest BCUT2D eigenvalue weighted by molar-refractivity contribution is 6.30. The fourth-order valence-corrected chi connectivity index (χ4v) is 2.95. The van der Waals surface area contributed by atoms with Gasteiger partial charge >= 0.3 is 6.01 Å². The van der Waals surface area contributed by atoms with Gasteiger partial charge in [-0.1, -0.05) is 11.6 Å². The van der Waals surface area contributed by atoms with E-state index in [-0.39, 0.29) is 12.1 Å². The van der Waals surface area contributed by atoms with E-state index < -0.39 is 0 Å². The van der Waals surface area contributed by atoms with Gasteiger partial charge in [0.15, 0.2) is 0 Å². The van der Waals surface area contributed by atoms with E-state index in [1.54, 1.807) is 19.4 Å². The third kappa shape index (κ3) is 4.04. The standard InChI is InChI=1S/C17H21ClN4O3/c1-11-15(18)20-17(24-3)21-16(11)22-8-6-12(7-9-22)25-13-4-5-14(23-2)19-10-13/h4-5,10,12H,6-9H2,1-3H3. The van der Waals surface area contributed by atoms with E-state index in [1.165, 1.54) is 7.11 Å². The predicted octanol–water partition coefficient (Wildman–Crippen LogP) is 2.90. The van der Waals surface area contributed by atoms with Gasteiger partial charge in [0.2, 0.25) is 5.88 Å². The molecular formula is C17H21ClN4O3. The molecule has 1 fully saturated rings. The van der Waals surface area contributed by atoms with Gasteiger partial charge in [0, 0.05) is 37.6 Å². The summed E-state index contributed by atoms with van der Waals surface area (Å²) in [5, 5.41) is 0.421. The third-order valence-corrected chi connectivity index (χ3v) is 4.55. The molecular weight excluding hydrogens is 344 g/mol. The lowest BCUT2D eigenvalue weighted by Crippen LogP contribution is -2.39. The molecule has 1 saturated heterocycles. The largest absolute Gasteiger partial charge is 0.489 e. The van der Waals surface area contributed by atoms with Crippen molar-refractivity contribution in [3.8, 4) is 17.6 Å². The molecule has 3 heterocycles. The van der Waals surface area contributed by atoms with Gasteiger partial charge in [-0.05, 0) is 13.0 Å². The predicted molar refractivity (Wildman–Crippen MR) is 95.0 cm³/mol. The Kier molecular flexibility index (Phi) is 5.43. The molecule has 7 nitrogen and oxygen atoms in total. The highest BCUT2D eigenvalue weighted by Gasteiger charge is 2.24. The summed E-state index contributed by atoms with van der Waals surface area (Å²) in [6.45, 7) is 3.57. The van der Waals surface area contributed by atoms with Crippen LogP contribution in [-0.2, 0) is 0 Å². The van der Waals surface area contributed by atoms with E-state index in [4.69, 9.17) is 25.8 Å². The maximum atomic E-state index is 6.18. The number of ether oxygens (including phenoxy) is 3. The van der Waals surface area contributed by atoms with Crippen molar-refractivity contribution in [2.45, 2.75) is 25.9 Å². The molecule has 25 heavy (non-hydrogen) atoms. The zero-order chi connectivity index (χ0) is 17.8. The average molecular weight is 365 g/mol. The SMILES string of the molecule is COc1ccc(OC2CCN(c3nc(OC)nc(Cl)c3C)CC2)cn1. The van der Waals surface area contributed by atoms with Crippen LogP contribution in [0, 0.1) is 6.92 Å². The lowest BCUT2D eigenvalue weighted by molar-refractivity contribution is 0.169. The molecule has 0 spiro atoms. The van der Waals surface area contributed by atoms with Gasteiger partial charge in [0.1, 0.15) is 22.8 Å². The van der Waals surface area contributed by atoms with Crippen molar-refractivity contribution in [1.29, 1.82) is 0 Å². The number of methoxy groups -OCH3 is 2. The second-order valence-electron chi connectivity index (χ2n) is 5.79. The molecule has 2 aromatic heterocycles. The lowest BCUT2D eigenvalue weighted by Gasteiger charge is -2.33. The first-order valence-electron chi connectivity index (χ1n) is 8.10. The Morgan fingerprint density at radius 1 is 1.12 bits per heavy atom. The maximum Gasteiger partial charge on any atom is 0.319 e. The summed E-state index contributed by atoms with van der Waals surface area (Å²) in [6.07, 6.45) is 3.60. The zero-order valence-electron chi connectivity index (χ0n) is 14.5. The summed E-state index contributed by atoms with van der Waals surface area (Å²) in [7, 11) is 3.13. The summed E-state index contributed by atoms with van der Waals surface area (Å²) >= 11 is 6.18. The average Bonchev–Trinajstić information content (AvgIpc) is 2.65. The van der Waals surface area contributed by atoms with Gasteiger partial charge in [-0.3, -0.25) is 0 Å². The van der Waals surface area contributed by atoms with Crippen LogP contribution in [0.4, 0.5) is 5.82 Å². The first-order valence-corrected chi connectivity index (χ1v) is 8.48. The number of pyridine rings is 1. The van der Waals surface area contributed by atoms with Crippen LogP contribution >= 0.6 is 11.6 Å². The quantitative estimate of drug-likeness (QED) is 0.755. The Labute approximate surface area is 151 Å². The van der Waals surface area contributed by atoms with Crippen LogP contribution in [-0.4, -0.2) is 48.4 Å². The fraction of sp³-hybridized carbons (Fsp3) is 0.471. The van der Waals surface area contributed by atoms with Crippen LogP contribution in [0.3, 0.4) is 0 Å². The molecule has 0 radical (unpaired) electrons. The molecule has 0 saturated carbocycles. The minimum absolute atomic E-state index is 0.144. The fourth-order valence-electron chi connectivity index (χ4n) is 2.79. The number of aromatic nitrogens is 3. The highest BCUT2D eigenvalue weighted by Crippen LogP contribution is 2.29. The van der Waals surface area contributed by atoms with E-state index in [1.807, 2.05) is 13.0 Å². The summed E-state index contributed by atoms with van der Waals surface area (Å²) in [4.78, 5) is 14.9. The highest BCUT2D eigenvalue weighted by atomic mass is 35.5. The second-order valence-corrected chi connectivity index (χ2v) is 6.15. The van der Waals surface area contributed by atoms with Crippen LogP contribution in [0.15, 0.2) is 18.3 Å². The van der Waals surface area contributed by atoms with Crippen LogP contribution in [0.25, 0.3) is 0 Å². The Balaban J connectivity index is 1.62. The molecule has 0 N–H and O–H groups in total. The van der Waals surface area contributed by atoms with Crippen molar-refractivity contribution < 1.29 is 14.2 Å². The van der Waals surface area contributed by atoms with E-state index in [0.29, 0.717) is 11.0 Å². The van der Waals surface area contributed by atoms with Gasteiger partial charge < -0.3 is 19.1 Å². The molecule has 0 aliphatic carbocycles. The van der Waals surface area contributed by atoms with Crippen molar-refractivity contribution >= 4 is 17.4 Å². The number of rotatable bonds is 5. The number of halogens is 1. The van der Waals surface area contributed by atoms with Gasteiger partial charge in [-0.2, -0.15) is 9.97 Å². The Morgan fingerprint density at radius 3 is 2.48 bits per heavy atom. The first-order chi connectivity index (χ1) is 12.1. The first kappa shape index (κ1) is 17.5. The molecule has 134 valence electrons. The monoisotopic (exact) mass is 364 g/mol. The van der Waals surface area contributed by atoms with Crippen molar-refractivity contribution in [3.63, 3.8) is 0 Å². The van der Waals surface area contributed by atoms with Crippen LogP contribution in [0.5, 0.6) is 17.6 Å². The Bertz CT molecular complexity index is 719. The molecule has 0 aromatic carbocycles. The van der Waals surface area contributed by atoms with E-state index in [2.05, 4.69) is 19.9 Å². The van der Waals surface area contributed by atoms with Gasteiger partial charge in [0.05, 0.1) is 20.4 Å². The van der Waals surface area contributed by atoms with Gasteiger partial charge in [-0.25, -0.2) is 4.98 Å². The normalized spacial score (nSPS) is 15.1. The van der Waals surface area contributed by atoms with Crippen molar-refractivity contribution in [2.75, 3.05) is 32.2 Å². The molecule has 1 aliphatic heterocycles. The summed E-state index contributed by atoms with van der Waals surface area (Å²) in [6, 6.07) is 3.95. The number of piperidine rings is 1. The number of anilines is 1. The molecule has 0 amide bonds. The van der Waals surface area contributed by atoms with Crippen LogP contribution in [0.2, 0.25) is 5.15 Å². The summed E-state index contributed by atoms with van der Waals surface area (Å²) < 4.78 is 16.2. The lowest BCUT2D eigenvalue weighted by atomic mass is 10.1. The molecule has 3 rings (SSSR count). The molecule has 8 heteroatoms. The van der Waals surface area contributed by atoms with Crippen LogP contribution in [0.1, 0.15) is 18.4 Å². The zero-order valence-corrected chi connectivity index (χ0v) is 15.3. The van der Waals surface area contributed by atoms with Crippen molar-refractivity contribution in [1.82, 2.24) is 15.0 Å². The molecule has 0 unspecified atom stereocenters. The number of nitrogens with zero attached hydrogens (tertiary/aromatic N) is 4. The molecule has 0 atom stereocenters. The van der Waals surface area contributed by atoms with Crippen LogP contribution < -0.4 is 19.1 Å². The smallest absolute Gasteiger partial charge is 0.319 e. The van der Waals surface area contributed by atoms with E-state index in [0.717, 1.165) is 43.1 Å². The third-order valence-electron chi connectivity index (χ3n) is 4.19. The molecule has 0 bridgehead atoms. The van der Waals surface area contributed by atoms with E-state index >= 15 is 0 Å². The van der Waals surface area contributed by atoms with Crippen molar-refractivity contribution in [2.24, 2.45) is 0 Å². The summed E-state index contributed by atoms with van der Waals surface area (Å²) in [5.74, 6) is 2.15. The topological polar surface area (TPSA) is 69.6 Å². The van der Waals surface area contributed by atoms with E-state index in [9.17, 15) is 0 Å². The summed E-state index contributed by atoms with van der Waals surface area (Å²) in [5.41, 5.74) is 0.862. The van der Waals surface area contributed by atoms with Crippen molar-refractivity contribution in [3.05, 3.63) is 29.0 Å². The van der Waals surface area contributed by atoms with Gasteiger partial charge in [0.25, 0.3) is 0 Å². The number of hydrogen-bond acceptors (Lipinski definition) is 7. The Morgan fingerprint density at radius 2 is 1.88 bits per heavy atom. The Hall–Kier alpha value is -2.28. The second kappa shape index (κ2) is 7.74. The minimum Gasteiger partial charge on any atom is -0.489 e. The maximum absolute atomic E-state index is 6.18. The molecule has 1 aliphatic rings.